The average molecular weight is 552 g/mol. The fraction of sp³-hybridized carbons (Fsp3) is 0.212. The Morgan fingerprint density at radius 1 is 0.927 bits per heavy atom. The monoisotopic (exact) mass is 551 g/mol. The highest BCUT2D eigenvalue weighted by atomic mass is 19.1. The molecule has 0 aliphatic carbocycles. The molecule has 0 fully saturated rings. The van der Waals surface area contributed by atoms with Gasteiger partial charge in [-0.1, -0.05) is 24.3 Å². The molecule has 8 heteroatoms. The summed E-state index contributed by atoms with van der Waals surface area (Å²) in [4.78, 5) is 31.6. The Balaban J connectivity index is 1.13. The molecule has 1 amide bonds. The molecule has 0 spiro atoms. The van der Waals surface area contributed by atoms with Gasteiger partial charge in [0.15, 0.2) is 16.9 Å². The van der Waals surface area contributed by atoms with Crippen LogP contribution in [0.1, 0.15) is 27.0 Å². The highest BCUT2D eigenvalue weighted by Crippen LogP contribution is 2.33. The zero-order valence-corrected chi connectivity index (χ0v) is 22.9. The maximum Gasteiger partial charge on any atom is 0.257 e. The molecule has 208 valence electrons. The number of anilines is 1. The van der Waals surface area contributed by atoms with Crippen LogP contribution in [0.4, 0.5) is 10.1 Å². The number of hydrogen-bond donors (Lipinski definition) is 2. The first-order chi connectivity index (χ1) is 19.9. The van der Waals surface area contributed by atoms with Crippen molar-refractivity contribution in [3.8, 4) is 11.5 Å². The molecule has 0 saturated heterocycles. The number of carbonyl (C=O) groups is 1. The third-order valence-electron chi connectivity index (χ3n) is 7.79. The van der Waals surface area contributed by atoms with Crippen LogP contribution in [0.25, 0.3) is 21.8 Å². The van der Waals surface area contributed by atoms with Crippen LogP contribution in [0.2, 0.25) is 0 Å². The van der Waals surface area contributed by atoms with Gasteiger partial charge < -0.3 is 19.8 Å². The fourth-order valence-electron chi connectivity index (χ4n) is 5.55. The Labute approximate surface area is 236 Å². The normalized spacial score (nSPS) is 13.2. The predicted molar refractivity (Wildman–Crippen MR) is 159 cm³/mol. The number of rotatable bonds is 7. The second kappa shape index (κ2) is 11.1. The number of aromatic nitrogens is 1. The maximum atomic E-state index is 14.4. The Morgan fingerprint density at radius 2 is 1.61 bits per heavy atom. The number of aromatic amines is 1. The van der Waals surface area contributed by atoms with Crippen molar-refractivity contribution in [2.75, 3.05) is 32.6 Å². The summed E-state index contributed by atoms with van der Waals surface area (Å²) in [6.07, 6.45) is 1.84. The molecule has 41 heavy (non-hydrogen) atoms. The minimum atomic E-state index is -0.541. The summed E-state index contributed by atoms with van der Waals surface area (Å²) in [7, 11) is 3.31. The van der Waals surface area contributed by atoms with Gasteiger partial charge in [0.2, 0.25) is 0 Å². The van der Waals surface area contributed by atoms with Crippen LogP contribution < -0.4 is 20.2 Å². The van der Waals surface area contributed by atoms with Gasteiger partial charge in [-0.2, -0.15) is 0 Å². The lowest BCUT2D eigenvalue weighted by Crippen LogP contribution is -2.32. The Bertz CT molecular complexity index is 1830. The number of halogens is 1. The number of para-hydroxylation sites is 2. The molecule has 1 aliphatic heterocycles. The van der Waals surface area contributed by atoms with E-state index in [1.54, 1.807) is 38.5 Å². The SMILES string of the molecule is COc1cc2c(cc1OC)CN(CCc1ccc(NC(=O)c3cccc4c(=O)c5cccc(F)c5[nH]c34)cc1)CC2. The molecule has 2 heterocycles. The topological polar surface area (TPSA) is 83.7 Å². The molecule has 1 aliphatic rings. The van der Waals surface area contributed by atoms with E-state index in [2.05, 4.69) is 27.3 Å². The number of ether oxygens (including phenoxy) is 2. The van der Waals surface area contributed by atoms with Crippen molar-refractivity contribution in [3.05, 3.63) is 111 Å². The van der Waals surface area contributed by atoms with Crippen molar-refractivity contribution in [2.45, 2.75) is 19.4 Å². The molecule has 6 rings (SSSR count). The number of amides is 1. The van der Waals surface area contributed by atoms with Gasteiger partial charge in [-0.15, -0.1) is 0 Å². The van der Waals surface area contributed by atoms with Crippen LogP contribution in [-0.4, -0.2) is 43.1 Å². The van der Waals surface area contributed by atoms with Crippen LogP contribution >= 0.6 is 0 Å². The third-order valence-corrected chi connectivity index (χ3v) is 7.79. The van der Waals surface area contributed by atoms with Gasteiger partial charge in [0.1, 0.15) is 5.82 Å². The molecule has 2 N–H and O–H groups in total. The van der Waals surface area contributed by atoms with E-state index in [0.717, 1.165) is 49.5 Å². The van der Waals surface area contributed by atoms with Gasteiger partial charge in [-0.3, -0.25) is 14.5 Å². The molecule has 0 atom stereocenters. The van der Waals surface area contributed by atoms with Crippen molar-refractivity contribution in [3.63, 3.8) is 0 Å². The van der Waals surface area contributed by atoms with E-state index in [9.17, 15) is 14.0 Å². The lowest BCUT2D eigenvalue weighted by atomic mass is 9.98. The predicted octanol–water partition coefficient (Wildman–Crippen LogP) is 5.69. The third kappa shape index (κ3) is 5.14. The standard InChI is InChI=1S/C33H30FN3O4/c1-40-28-17-21-14-16-37(19-22(21)18-29(28)41-2)15-13-20-9-11-23(12-10-20)35-33(39)26-7-3-5-24-30(26)36-31-25(32(24)38)6-4-8-27(31)34/h3-12,17-18H,13-16,19H2,1-2H3,(H,35,39)(H,36,38). The molecular formula is C33H30FN3O4. The lowest BCUT2D eigenvalue weighted by molar-refractivity contribution is 0.102. The van der Waals surface area contributed by atoms with Crippen LogP contribution in [-0.2, 0) is 19.4 Å². The van der Waals surface area contributed by atoms with E-state index in [-0.39, 0.29) is 27.8 Å². The number of nitrogens with zero attached hydrogens (tertiary/aromatic N) is 1. The molecule has 0 bridgehead atoms. The number of hydrogen-bond acceptors (Lipinski definition) is 5. The van der Waals surface area contributed by atoms with Crippen molar-refractivity contribution in [2.24, 2.45) is 0 Å². The molecule has 7 nitrogen and oxygen atoms in total. The Kier molecular flexibility index (Phi) is 7.15. The molecule has 0 unspecified atom stereocenters. The number of H-pyrrole nitrogens is 1. The van der Waals surface area contributed by atoms with Gasteiger partial charge in [0.25, 0.3) is 5.91 Å². The summed E-state index contributed by atoms with van der Waals surface area (Å²) in [6.45, 7) is 2.74. The van der Waals surface area contributed by atoms with E-state index in [1.165, 1.54) is 23.3 Å². The van der Waals surface area contributed by atoms with Gasteiger partial charge in [0, 0.05) is 36.1 Å². The first kappa shape index (κ1) is 26.5. The number of nitrogens with one attached hydrogen (secondary N) is 2. The second-order valence-electron chi connectivity index (χ2n) is 10.2. The van der Waals surface area contributed by atoms with Crippen LogP contribution in [0.3, 0.4) is 0 Å². The summed E-state index contributed by atoms with van der Waals surface area (Å²) in [5, 5.41) is 3.50. The minimum Gasteiger partial charge on any atom is -0.493 e. The van der Waals surface area contributed by atoms with Gasteiger partial charge in [-0.05, 0) is 78.1 Å². The van der Waals surface area contributed by atoms with Crippen LogP contribution in [0.15, 0.2) is 77.6 Å². The quantitative estimate of drug-likeness (QED) is 0.254. The first-order valence-corrected chi connectivity index (χ1v) is 13.5. The zero-order valence-electron chi connectivity index (χ0n) is 22.9. The summed E-state index contributed by atoms with van der Waals surface area (Å²) in [5.41, 5.74) is 4.71. The maximum absolute atomic E-state index is 14.4. The summed E-state index contributed by atoms with van der Waals surface area (Å²) < 4.78 is 25.4. The number of benzene rings is 4. The number of methoxy groups -OCH3 is 2. The molecular weight excluding hydrogens is 521 g/mol. The molecule has 4 aromatic carbocycles. The van der Waals surface area contributed by atoms with Crippen molar-refractivity contribution >= 4 is 33.4 Å². The van der Waals surface area contributed by atoms with Crippen LogP contribution in [0, 0.1) is 5.82 Å². The van der Waals surface area contributed by atoms with Crippen molar-refractivity contribution in [1.29, 1.82) is 0 Å². The van der Waals surface area contributed by atoms with E-state index >= 15 is 0 Å². The van der Waals surface area contributed by atoms with Gasteiger partial charge in [-0.25, -0.2) is 4.39 Å². The minimum absolute atomic E-state index is 0.0886. The smallest absolute Gasteiger partial charge is 0.257 e. The fourth-order valence-corrected chi connectivity index (χ4v) is 5.55. The van der Waals surface area contributed by atoms with Gasteiger partial charge >= 0.3 is 0 Å². The van der Waals surface area contributed by atoms with Crippen molar-refractivity contribution in [1.82, 2.24) is 9.88 Å². The lowest BCUT2D eigenvalue weighted by Gasteiger charge is -2.29. The molecule has 0 radical (unpaired) electrons. The second-order valence-corrected chi connectivity index (χ2v) is 10.2. The Morgan fingerprint density at radius 3 is 2.34 bits per heavy atom. The average Bonchev–Trinajstić information content (AvgIpc) is 3.00. The summed E-state index contributed by atoms with van der Waals surface area (Å²) >= 11 is 0. The number of pyridine rings is 1. The van der Waals surface area contributed by atoms with Crippen LogP contribution in [0.5, 0.6) is 11.5 Å². The Hall–Kier alpha value is -4.69. The highest BCUT2D eigenvalue weighted by molar-refractivity contribution is 6.13. The van der Waals surface area contributed by atoms with E-state index in [4.69, 9.17) is 9.47 Å². The molecule has 1 aromatic heterocycles. The summed E-state index contributed by atoms with van der Waals surface area (Å²) in [6, 6.07) is 21.2. The first-order valence-electron chi connectivity index (χ1n) is 13.5. The van der Waals surface area contributed by atoms with E-state index in [0.29, 0.717) is 16.6 Å². The number of carbonyl (C=O) groups excluding carboxylic acids is 1. The molecule has 5 aromatic rings. The highest BCUT2D eigenvalue weighted by Gasteiger charge is 2.20. The summed E-state index contributed by atoms with van der Waals surface area (Å²) in [5.74, 6) is 0.596. The molecule has 0 saturated carbocycles. The number of fused-ring (bicyclic) bond motifs is 3. The van der Waals surface area contributed by atoms with Gasteiger partial charge in [0.05, 0.1) is 30.8 Å². The zero-order chi connectivity index (χ0) is 28.5. The van der Waals surface area contributed by atoms with E-state index in [1.807, 2.05) is 24.3 Å². The van der Waals surface area contributed by atoms with E-state index < -0.39 is 5.82 Å². The van der Waals surface area contributed by atoms with Crippen molar-refractivity contribution < 1.29 is 18.7 Å². The largest absolute Gasteiger partial charge is 0.493 e.